The number of hydrogen-bond acceptors (Lipinski definition) is 2. The lowest BCUT2D eigenvalue weighted by Gasteiger charge is -2.54. The lowest BCUT2D eigenvalue weighted by Crippen LogP contribution is -2.50. The summed E-state index contributed by atoms with van der Waals surface area (Å²) in [4.78, 5) is 0. The highest BCUT2D eigenvalue weighted by molar-refractivity contribution is 5.42. The van der Waals surface area contributed by atoms with Crippen LogP contribution in [0.2, 0.25) is 0 Å². The van der Waals surface area contributed by atoms with Gasteiger partial charge in [0.05, 0.1) is 6.10 Å². The van der Waals surface area contributed by atoms with E-state index in [1.807, 2.05) is 12.2 Å². The summed E-state index contributed by atoms with van der Waals surface area (Å²) >= 11 is 0. The molecule has 3 N–H and O–H groups in total. The van der Waals surface area contributed by atoms with Crippen LogP contribution in [0, 0.1) is 28.6 Å². The van der Waals surface area contributed by atoms with Crippen molar-refractivity contribution in [2.75, 3.05) is 0 Å². The van der Waals surface area contributed by atoms with Gasteiger partial charge in [-0.05, 0) is 60.5 Å². The number of aliphatic hydroxyl groups excluding tert-OH is 1. The topological polar surface area (TPSA) is 46.2 Å². The fraction of sp³-hybridized carbons (Fsp3) is 0.684. The minimum atomic E-state index is -0.414. The molecule has 114 valence electrons. The fourth-order valence-electron chi connectivity index (χ4n) is 5.81. The summed E-state index contributed by atoms with van der Waals surface area (Å²) in [6.45, 7) is 4.79. The number of nitrogens with two attached hydrogens (primary N) is 1. The third kappa shape index (κ3) is 1.72. The molecule has 0 amide bonds. The van der Waals surface area contributed by atoms with Crippen LogP contribution in [0.4, 0.5) is 0 Å². The smallest absolute Gasteiger partial charge is 0.0908 e. The van der Waals surface area contributed by atoms with E-state index in [0.717, 1.165) is 5.92 Å². The highest BCUT2D eigenvalue weighted by Gasteiger charge is 2.56. The van der Waals surface area contributed by atoms with Gasteiger partial charge >= 0.3 is 0 Å². The second-order valence-corrected chi connectivity index (χ2v) is 8.13. The SMILES string of the molecule is C[C@]12CC[C@H]3[C@@H](C=CC4=C[C@@H](O)C=C[C@@]43C)[C@@H]1CC[C@@H]2N. The van der Waals surface area contributed by atoms with Gasteiger partial charge in [0.2, 0.25) is 0 Å². The molecule has 0 heterocycles. The van der Waals surface area contributed by atoms with Gasteiger partial charge in [-0.2, -0.15) is 0 Å². The van der Waals surface area contributed by atoms with Crippen LogP contribution in [0.25, 0.3) is 0 Å². The van der Waals surface area contributed by atoms with Gasteiger partial charge in [-0.1, -0.05) is 38.2 Å². The molecule has 0 aromatic carbocycles. The molecule has 0 unspecified atom stereocenters. The van der Waals surface area contributed by atoms with E-state index in [1.165, 1.54) is 31.3 Å². The molecule has 0 aliphatic heterocycles. The Balaban J connectivity index is 1.75. The zero-order chi connectivity index (χ0) is 14.8. The average molecular weight is 285 g/mol. The zero-order valence-corrected chi connectivity index (χ0v) is 13.1. The Bertz CT molecular complexity index is 548. The molecule has 0 saturated heterocycles. The molecule has 2 fully saturated rings. The van der Waals surface area contributed by atoms with Crippen LogP contribution in [0.3, 0.4) is 0 Å². The van der Waals surface area contributed by atoms with Gasteiger partial charge < -0.3 is 10.8 Å². The largest absolute Gasteiger partial charge is 0.385 e. The normalized spacial score (nSPS) is 54.7. The molecule has 2 nitrogen and oxygen atoms in total. The lowest BCUT2D eigenvalue weighted by atomic mass is 9.50. The van der Waals surface area contributed by atoms with Crippen LogP contribution in [-0.2, 0) is 0 Å². The molecular formula is C19H27NO. The highest BCUT2D eigenvalue weighted by Crippen LogP contribution is 2.62. The summed E-state index contributed by atoms with van der Waals surface area (Å²) in [5.74, 6) is 2.06. The Morgan fingerprint density at radius 3 is 2.76 bits per heavy atom. The molecule has 0 aromatic heterocycles. The van der Waals surface area contributed by atoms with E-state index >= 15 is 0 Å². The molecule has 4 aliphatic rings. The van der Waals surface area contributed by atoms with E-state index in [4.69, 9.17) is 5.73 Å². The second kappa shape index (κ2) is 4.33. The Kier molecular flexibility index (Phi) is 2.84. The van der Waals surface area contributed by atoms with Gasteiger partial charge in [0.1, 0.15) is 0 Å². The number of fused-ring (bicyclic) bond motifs is 5. The van der Waals surface area contributed by atoms with Crippen molar-refractivity contribution in [1.29, 1.82) is 0 Å². The van der Waals surface area contributed by atoms with Crippen LogP contribution in [0.15, 0.2) is 36.0 Å². The summed E-state index contributed by atoms with van der Waals surface area (Å²) in [5, 5.41) is 9.87. The summed E-state index contributed by atoms with van der Waals surface area (Å²) in [6, 6.07) is 0.380. The quantitative estimate of drug-likeness (QED) is 0.671. The molecule has 4 rings (SSSR count). The van der Waals surface area contributed by atoms with Crippen LogP contribution >= 0.6 is 0 Å². The van der Waals surface area contributed by atoms with Crippen LogP contribution in [0.5, 0.6) is 0 Å². The van der Waals surface area contributed by atoms with Gasteiger partial charge in [0.25, 0.3) is 0 Å². The molecule has 21 heavy (non-hydrogen) atoms. The lowest BCUT2D eigenvalue weighted by molar-refractivity contribution is 0.0176. The van der Waals surface area contributed by atoms with Gasteiger partial charge in [0, 0.05) is 11.5 Å². The third-order valence-corrected chi connectivity index (χ3v) is 7.29. The zero-order valence-electron chi connectivity index (χ0n) is 13.1. The molecule has 0 spiro atoms. The number of rotatable bonds is 0. The van der Waals surface area contributed by atoms with Crippen molar-refractivity contribution >= 4 is 0 Å². The molecule has 2 heteroatoms. The average Bonchev–Trinajstić information content (AvgIpc) is 2.76. The molecular weight excluding hydrogens is 258 g/mol. The van der Waals surface area contributed by atoms with Crippen LogP contribution in [-0.4, -0.2) is 17.3 Å². The number of hydrogen-bond donors (Lipinski definition) is 2. The third-order valence-electron chi connectivity index (χ3n) is 7.29. The van der Waals surface area contributed by atoms with E-state index in [9.17, 15) is 5.11 Å². The van der Waals surface area contributed by atoms with E-state index in [-0.39, 0.29) is 5.41 Å². The van der Waals surface area contributed by atoms with Crippen LogP contribution in [0.1, 0.15) is 39.5 Å². The predicted octanol–water partition coefficient (Wildman–Crippen LogP) is 3.19. The maximum atomic E-state index is 9.87. The van der Waals surface area contributed by atoms with Crippen molar-refractivity contribution in [3.63, 3.8) is 0 Å². The number of aliphatic hydroxyl groups is 1. The summed E-state index contributed by atoms with van der Waals surface area (Å²) in [6.07, 6.45) is 15.5. The Morgan fingerprint density at radius 1 is 1.14 bits per heavy atom. The Morgan fingerprint density at radius 2 is 1.95 bits per heavy atom. The van der Waals surface area contributed by atoms with Crippen molar-refractivity contribution in [1.82, 2.24) is 0 Å². The van der Waals surface area contributed by atoms with Crippen molar-refractivity contribution in [2.24, 2.45) is 34.3 Å². The van der Waals surface area contributed by atoms with Crippen molar-refractivity contribution in [3.05, 3.63) is 36.0 Å². The first-order valence-electron chi connectivity index (χ1n) is 8.49. The highest BCUT2D eigenvalue weighted by atomic mass is 16.3. The van der Waals surface area contributed by atoms with E-state index < -0.39 is 6.10 Å². The molecule has 0 radical (unpaired) electrons. The molecule has 4 aliphatic carbocycles. The van der Waals surface area contributed by atoms with Crippen molar-refractivity contribution in [3.8, 4) is 0 Å². The minimum absolute atomic E-state index is 0.104. The molecule has 0 aromatic rings. The maximum absolute atomic E-state index is 9.87. The Labute approximate surface area is 127 Å². The summed E-state index contributed by atoms with van der Waals surface area (Å²) in [7, 11) is 0. The number of allylic oxidation sites excluding steroid dienone is 4. The van der Waals surface area contributed by atoms with Crippen LogP contribution < -0.4 is 5.73 Å². The first-order chi connectivity index (χ1) is 9.95. The monoisotopic (exact) mass is 285 g/mol. The maximum Gasteiger partial charge on any atom is 0.0908 e. The van der Waals surface area contributed by atoms with Crippen molar-refractivity contribution < 1.29 is 5.11 Å². The van der Waals surface area contributed by atoms with Crippen molar-refractivity contribution in [2.45, 2.75) is 51.7 Å². The molecule has 7 atom stereocenters. The standard InChI is InChI=1S/C19H27NO/c1-18-9-7-13(21)11-12(18)3-4-14-15-5-6-17(20)19(15,2)10-8-16(14)18/h3-4,7,9,11,13-17,21H,5-6,8,10,20H2,1-2H3/t13-,14-,15-,16-,17-,18-,19-/m0/s1. The van der Waals surface area contributed by atoms with Gasteiger partial charge in [-0.15, -0.1) is 0 Å². The fourth-order valence-corrected chi connectivity index (χ4v) is 5.81. The predicted molar refractivity (Wildman–Crippen MR) is 85.5 cm³/mol. The van der Waals surface area contributed by atoms with Gasteiger partial charge in [-0.25, -0.2) is 0 Å². The van der Waals surface area contributed by atoms with E-state index in [2.05, 4.69) is 32.1 Å². The van der Waals surface area contributed by atoms with Gasteiger partial charge in [0.15, 0.2) is 0 Å². The first-order valence-corrected chi connectivity index (χ1v) is 8.49. The summed E-state index contributed by atoms with van der Waals surface area (Å²) < 4.78 is 0. The van der Waals surface area contributed by atoms with E-state index in [0.29, 0.717) is 23.3 Å². The van der Waals surface area contributed by atoms with Gasteiger partial charge in [-0.3, -0.25) is 0 Å². The first kappa shape index (κ1) is 13.8. The second-order valence-electron chi connectivity index (χ2n) is 8.13. The minimum Gasteiger partial charge on any atom is -0.385 e. The molecule has 2 saturated carbocycles. The molecule has 0 bridgehead atoms. The van der Waals surface area contributed by atoms with E-state index in [1.54, 1.807) is 0 Å². The summed E-state index contributed by atoms with van der Waals surface area (Å²) in [5.41, 5.74) is 8.19. The Hall–Kier alpha value is -0.860.